The molecule has 0 fully saturated rings. The number of nitrogens with zero attached hydrogens (tertiary/aromatic N) is 2. The van der Waals surface area contributed by atoms with Gasteiger partial charge < -0.3 is 15.4 Å². The molecule has 1 aromatic rings. The molecule has 1 unspecified atom stereocenters. The monoisotopic (exact) mass is 308 g/mol. The third kappa shape index (κ3) is 6.76. The Labute approximate surface area is 132 Å². The Morgan fingerprint density at radius 3 is 2.68 bits per heavy atom. The summed E-state index contributed by atoms with van der Waals surface area (Å²) in [5.41, 5.74) is 0.590. The van der Waals surface area contributed by atoms with E-state index in [9.17, 15) is 4.79 Å². The van der Waals surface area contributed by atoms with Crippen molar-refractivity contribution in [2.45, 2.75) is 52.8 Å². The summed E-state index contributed by atoms with van der Waals surface area (Å²) in [5.74, 6) is 0.379. The molecule has 1 atom stereocenters. The fraction of sp³-hybridized carbons (Fsp3) is 0.625. The van der Waals surface area contributed by atoms with Crippen molar-refractivity contribution in [1.29, 1.82) is 0 Å². The van der Waals surface area contributed by atoms with E-state index in [1.165, 1.54) is 0 Å². The van der Waals surface area contributed by atoms with E-state index in [1.807, 2.05) is 27.0 Å². The lowest BCUT2D eigenvalue weighted by atomic mass is 10.0. The van der Waals surface area contributed by atoms with Crippen molar-refractivity contribution in [3.05, 3.63) is 24.5 Å². The van der Waals surface area contributed by atoms with Crippen LogP contribution in [0.3, 0.4) is 0 Å². The van der Waals surface area contributed by atoms with Gasteiger partial charge in [0.15, 0.2) is 0 Å². The number of hydrogen-bond donors (Lipinski definition) is 2. The normalized spacial score (nSPS) is 13.0. The highest BCUT2D eigenvalue weighted by Crippen LogP contribution is 2.07. The standard InChI is InChI=1S/C16H28N4O2/c1-7-20-11-13(9-19-20)8-17-14(12(2)3)10-18-15(21)22-16(4,5)6/h7,9,11-12,14,17H,1,8,10H2,2-6H3,(H,18,21). The molecule has 6 nitrogen and oxygen atoms in total. The van der Waals surface area contributed by atoms with E-state index in [4.69, 9.17) is 4.74 Å². The van der Waals surface area contributed by atoms with Gasteiger partial charge >= 0.3 is 6.09 Å². The van der Waals surface area contributed by atoms with Gasteiger partial charge in [-0.1, -0.05) is 20.4 Å². The third-order valence-corrected chi connectivity index (χ3v) is 3.08. The number of amides is 1. The summed E-state index contributed by atoms with van der Waals surface area (Å²) in [5, 5.41) is 10.4. The van der Waals surface area contributed by atoms with Gasteiger partial charge in [-0.05, 0) is 26.7 Å². The molecule has 0 aliphatic carbocycles. The van der Waals surface area contributed by atoms with Gasteiger partial charge in [-0.2, -0.15) is 5.10 Å². The summed E-state index contributed by atoms with van der Waals surface area (Å²) in [6.45, 7) is 14.6. The van der Waals surface area contributed by atoms with E-state index in [1.54, 1.807) is 17.1 Å². The average molecular weight is 308 g/mol. The lowest BCUT2D eigenvalue weighted by Crippen LogP contribution is -2.45. The summed E-state index contributed by atoms with van der Waals surface area (Å²) in [7, 11) is 0. The van der Waals surface area contributed by atoms with Crippen LogP contribution >= 0.6 is 0 Å². The molecule has 0 aromatic carbocycles. The second kappa shape index (κ2) is 7.98. The number of rotatable bonds is 7. The molecule has 2 N–H and O–H groups in total. The van der Waals surface area contributed by atoms with Gasteiger partial charge in [-0.3, -0.25) is 0 Å². The number of hydrogen-bond acceptors (Lipinski definition) is 4. The summed E-state index contributed by atoms with van der Waals surface area (Å²) in [6.07, 6.45) is 4.97. The molecule has 0 spiro atoms. The van der Waals surface area contributed by atoms with Crippen LogP contribution < -0.4 is 10.6 Å². The maximum absolute atomic E-state index is 11.7. The van der Waals surface area contributed by atoms with Gasteiger partial charge in [0, 0.05) is 37.1 Å². The molecule has 1 amide bonds. The number of aromatic nitrogens is 2. The van der Waals surface area contributed by atoms with Crippen molar-refractivity contribution in [2.75, 3.05) is 6.54 Å². The highest BCUT2D eigenvalue weighted by Gasteiger charge is 2.18. The Bertz CT molecular complexity index is 489. The Kier molecular flexibility index (Phi) is 6.61. The summed E-state index contributed by atoms with van der Waals surface area (Å²) < 4.78 is 6.91. The molecule has 22 heavy (non-hydrogen) atoms. The highest BCUT2D eigenvalue weighted by molar-refractivity contribution is 5.67. The van der Waals surface area contributed by atoms with Crippen LogP contribution in [0.2, 0.25) is 0 Å². The molecule has 1 aromatic heterocycles. The average Bonchev–Trinajstić information content (AvgIpc) is 2.84. The largest absolute Gasteiger partial charge is 0.444 e. The van der Waals surface area contributed by atoms with Crippen molar-refractivity contribution in [2.24, 2.45) is 5.92 Å². The Morgan fingerprint density at radius 1 is 1.50 bits per heavy atom. The quantitative estimate of drug-likeness (QED) is 0.812. The zero-order valence-electron chi connectivity index (χ0n) is 14.2. The van der Waals surface area contributed by atoms with E-state index < -0.39 is 5.60 Å². The van der Waals surface area contributed by atoms with Crippen LogP contribution in [0.25, 0.3) is 6.20 Å². The van der Waals surface area contributed by atoms with Crippen LogP contribution in [0, 0.1) is 5.92 Å². The lowest BCUT2D eigenvalue weighted by molar-refractivity contribution is 0.0519. The minimum absolute atomic E-state index is 0.152. The lowest BCUT2D eigenvalue weighted by Gasteiger charge is -2.24. The Hall–Kier alpha value is -1.82. The van der Waals surface area contributed by atoms with Gasteiger partial charge in [-0.15, -0.1) is 0 Å². The minimum Gasteiger partial charge on any atom is -0.444 e. The predicted octanol–water partition coefficient (Wildman–Crippen LogP) is 2.62. The SMILES string of the molecule is C=Cn1cc(CNC(CNC(=O)OC(C)(C)C)C(C)C)cn1. The molecule has 124 valence electrons. The van der Waals surface area contributed by atoms with Crippen LogP contribution in [-0.4, -0.2) is 34.1 Å². The molecule has 0 saturated carbocycles. The number of ether oxygens (including phenoxy) is 1. The van der Waals surface area contributed by atoms with Crippen molar-refractivity contribution in [1.82, 2.24) is 20.4 Å². The van der Waals surface area contributed by atoms with Gasteiger partial charge in [0.1, 0.15) is 5.60 Å². The van der Waals surface area contributed by atoms with E-state index in [-0.39, 0.29) is 12.1 Å². The summed E-state index contributed by atoms with van der Waals surface area (Å²) in [6, 6.07) is 0.152. The second-order valence-corrected chi connectivity index (χ2v) is 6.63. The van der Waals surface area contributed by atoms with Gasteiger partial charge in [0.25, 0.3) is 0 Å². The molecular weight excluding hydrogens is 280 g/mol. The number of carbonyl (C=O) groups excluding carboxylic acids is 1. The summed E-state index contributed by atoms with van der Waals surface area (Å²) in [4.78, 5) is 11.7. The smallest absolute Gasteiger partial charge is 0.407 e. The van der Waals surface area contributed by atoms with Crippen molar-refractivity contribution in [3.63, 3.8) is 0 Å². The minimum atomic E-state index is -0.482. The van der Waals surface area contributed by atoms with E-state index in [2.05, 4.69) is 36.2 Å². The Morgan fingerprint density at radius 2 is 2.18 bits per heavy atom. The molecular formula is C16H28N4O2. The molecule has 0 saturated heterocycles. The zero-order valence-corrected chi connectivity index (χ0v) is 14.2. The maximum Gasteiger partial charge on any atom is 0.407 e. The van der Waals surface area contributed by atoms with E-state index >= 15 is 0 Å². The van der Waals surface area contributed by atoms with E-state index in [0.29, 0.717) is 19.0 Å². The summed E-state index contributed by atoms with van der Waals surface area (Å²) >= 11 is 0. The van der Waals surface area contributed by atoms with Crippen LogP contribution in [0.15, 0.2) is 19.0 Å². The van der Waals surface area contributed by atoms with Crippen molar-refractivity contribution >= 4 is 12.3 Å². The maximum atomic E-state index is 11.7. The zero-order chi connectivity index (χ0) is 16.8. The molecule has 0 aliphatic rings. The van der Waals surface area contributed by atoms with Crippen molar-refractivity contribution in [3.8, 4) is 0 Å². The molecule has 0 radical (unpaired) electrons. The fourth-order valence-corrected chi connectivity index (χ4v) is 1.87. The van der Waals surface area contributed by atoms with Crippen LogP contribution in [0.5, 0.6) is 0 Å². The molecule has 0 aliphatic heterocycles. The van der Waals surface area contributed by atoms with Crippen molar-refractivity contribution < 1.29 is 9.53 Å². The van der Waals surface area contributed by atoms with E-state index in [0.717, 1.165) is 5.56 Å². The highest BCUT2D eigenvalue weighted by atomic mass is 16.6. The third-order valence-electron chi connectivity index (χ3n) is 3.08. The van der Waals surface area contributed by atoms with Crippen LogP contribution in [-0.2, 0) is 11.3 Å². The number of alkyl carbamates (subject to hydrolysis) is 1. The first kappa shape index (κ1) is 18.2. The number of nitrogens with one attached hydrogen (secondary N) is 2. The second-order valence-electron chi connectivity index (χ2n) is 6.63. The molecule has 0 bridgehead atoms. The van der Waals surface area contributed by atoms with Gasteiger partial charge in [0.05, 0.1) is 6.20 Å². The van der Waals surface area contributed by atoms with Gasteiger partial charge in [0.2, 0.25) is 0 Å². The first-order chi connectivity index (χ1) is 10.2. The topological polar surface area (TPSA) is 68.2 Å². The molecule has 6 heteroatoms. The number of carbonyl (C=O) groups is 1. The van der Waals surface area contributed by atoms with Gasteiger partial charge in [-0.25, -0.2) is 9.48 Å². The first-order valence-corrected chi connectivity index (χ1v) is 7.57. The van der Waals surface area contributed by atoms with Crippen LogP contribution in [0.1, 0.15) is 40.2 Å². The fourth-order valence-electron chi connectivity index (χ4n) is 1.87. The Balaban J connectivity index is 2.45. The predicted molar refractivity (Wildman–Crippen MR) is 88.3 cm³/mol. The molecule has 1 rings (SSSR count). The first-order valence-electron chi connectivity index (χ1n) is 7.57. The van der Waals surface area contributed by atoms with Crippen LogP contribution in [0.4, 0.5) is 4.79 Å². The molecule has 1 heterocycles.